The quantitative estimate of drug-likeness (QED) is 0.195. The topological polar surface area (TPSA) is 36.9 Å². The highest BCUT2D eigenvalue weighted by Crippen LogP contribution is 2.37. The summed E-state index contributed by atoms with van der Waals surface area (Å²) in [5, 5.41) is 0. The smallest absolute Gasteiger partial charge is 0.494 e. The molecule has 4 nitrogen and oxygen atoms in total. The molecule has 0 bridgehead atoms. The van der Waals surface area contributed by atoms with E-state index in [2.05, 4.69) is 31.2 Å². The van der Waals surface area contributed by atoms with E-state index >= 15 is 0 Å². The van der Waals surface area contributed by atoms with E-state index in [1.165, 1.54) is 44.1 Å². The molecule has 1 aliphatic carbocycles. The molecule has 2 rings (SSSR count). The fourth-order valence-electron chi connectivity index (χ4n) is 4.84. The highest BCUT2D eigenvalue weighted by atomic mass is 28.4. The van der Waals surface area contributed by atoms with Crippen LogP contribution in [0.25, 0.3) is 0 Å². The monoisotopic (exact) mass is 450 g/mol. The van der Waals surface area contributed by atoms with Gasteiger partial charge in [0.25, 0.3) is 0 Å². The summed E-state index contributed by atoms with van der Waals surface area (Å²) >= 11 is 0. The molecule has 178 valence electrons. The minimum Gasteiger partial charge on any atom is -0.494 e. The van der Waals surface area contributed by atoms with E-state index < -0.39 is 8.80 Å². The molecule has 1 aromatic rings. The first-order chi connectivity index (χ1) is 15.2. The van der Waals surface area contributed by atoms with Crippen molar-refractivity contribution < 1.29 is 18.0 Å². The minimum atomic E-state index is -2.49. The Labute approximate surface area is 192 Å². The zero-order chi connectivity index (χ0) is 22.4. The molecule has 5 heteroatoms. The number of hydrogen-bond acceptors (Lipinski definition) is 4. The Morgan fingerprint density at radius 3 is 1.94 bits per heavy atom. The number of unbranched alkanes of at least 4 members (excludes halogenated alkanes) is 2. The zero-order valence-corrected chi connectivity index (χ0v) is 21.5. The summed E-state index contributed by atoms with van der Waals surface area (Å²) in [6.07, 6.45) is 11.4. The number of rotatable bonds is 16. The molecule has 0 spiro atoms. The summed E-state index contributed by atoms with van der Waals surface area (Å²) in [6, 6.07) is 9.77. The molecule has 0 aromatic heterocycles. The van der Waals surface area contributed by atoms with Crippen LogP contribution in [0.3, 0.4) is 0 Å². The molecule has 1 fully saturated rings. The first-order valence-electron chi connectivity index (χ1n) is 12.8. The van der Waals surface area contributed by atoms with Gasteiger partial charge in [0.05, 0.1) is 6.61 Å². The normalized spacial score (nSPS) is 19.5. The lowest BCUT2D eigenvalue weighted by molar-refractivity contribution is 0.0705. The zero-order valence-electron chi connectivity index (χ0n) is 20.5. The van der Waals surface area contributed by atoms with E-state index in [4.69, 9.17) is 18.0 Å². The average Bonchev–Trinajstić information content (AvgIpc) is 2.78. The van der Waals surface area contributed by atoms with Gasteiger partial charge in [-0.2, -0.15) is 0 Å². The van der Waals surface area contributed by atoms with Crippen LogP contribution in [0.4, 0.5) is 0 Å². The van der Waals surface area contributed by atoms with Gasteiger partial charge in [-0.05, 0) is 88.8 Å². The Hall–Kier alpha value is -0.883. The summed E-state index contributed by atoms with van der Waals surface area (Å²) < 4.78 is 23.8. The fourth-order valence-corrected chi connectivity index (χ4v) is 7.53. The largest absolute Gasteiger partial charge is 0.500 e. The van der Waals surface area contributed by atoms with Gasteiger partial charge in [-0.15, -0.1) is 0 Å². The summed E-state index contributed by atoms with van der Waals surface area (Å²) in [6.45, 7) is 11.0. The molecule has 0 saturated heterocycles. The number of hydrogen-bond donors (Lipinski definition) is 0. The van der Waals surface area contributed by atoms with Gasteiger partial charge in [-0.25, -0.2) is 0 Å². The van der Waals surface area contributed by atoms with Crippen molar-refractivity contribution in [2.45, 2.75) is 97.4 Å². The van der Waals surface area contributed by atoms with Crippen molar-refractivity contribution in [3.8, 4) is 5.75 Å². The van der Waals surface area contributed by atoms with E-state index in [-0.39, 0.29) is 0 Å². The average molecular weight is 451 g/mol. The fraction of sp³-hybridized carbons (Fsp3) is 0.769. The summed E-state index contributed by atoms with van der Waals surface area (Å²) in [5.74, 6) is 2.70. The van der Waals surface area contributed by atoms with Crippen LogP contribution in [0, 0.1) is 5.92 Å². The molecule has 0 heterocycles. The van der Waals surface area contributed by atoms with E-state index in [1.54, 1.807) is 0 Å². The molecule has 0 aliphatic heterocycles. The Morgan fingerprint density at radius 2 is 1.39 bits per heavy atom. The van der Waals surface area contributed by atoms with E-state index in [9.17, 15) is 0 Å². The van der Waals surface area contributed by atoms with Crippen LogP contribution in [0.1, 0.15) is 97.0 Å². The Morgan fingerprint density at radius 1 is 0.774 bits per heavy atom. The molecule has 0 radical (unpaired) electrons. The van der Waals surface area contributed by atoms with Crippen molar-refractivity contribution in [1.29, 1.82) is 0 Å². The predicted octanol–water partition coefficient (Wildman–Crippen LogP) is 7.36. The lowest BCUT2D eigenvalue weighted by atomic mass is 9.77. The van der Waals surface area contributed by atoms with E-state index in [0.29, 0.717) is 19.8 Å². The molecule has 1 aromatic carbocycles. The molecular weight excluding hydrogens is 404 g/mol. The first-order valence-corrected chi connectivity index (χ1v) is 14.7. The summed E-state index contributed by atoms with van der Waals surface area (Å²) in [4.78, 5) is 0. The number of benzene rings is 1. The Balaban J connectivity index is 1.66. The summed E-state index contributed by atoms with van der Waals surface area (Å²) in [7, 11) is -2.49. The predicted molar refractivity (Wildman–Crippen MR) is 131 cm³/mol. The van der Waals surface area contributed by atoms with Crippen LogP contribution in [-0.2, 0) is 13.3 Å². The minimum absolute atomic E-state index is 0.644. The van der Waals surface area contributed by atoms with Gasteiger partial charge in [0.15, 0.2) is 0 Å². The Kier molecular flexibility index (Phi) is 12.8. The van der Waals surface area contributed by atoms with Crippen molar-refractivity contribution >= 4 is 8.80 Å². The maximum atomic E-state index is 5.99. The van der Waals surface area contributed by atoms with Crippen molar-refractivity contribution in [2.75, 3.05) is 26.4 Å². The standard InChI is InChI=1S/C26H46O4Si/c1-5-12-23-13-15-24(16-14-23)25-17-19-26(20-18-25)27-21-10-9-11-22-31(28-6-2,29-7-3)30-8-4/h17-20,23-24H,5-16,21-22H2,1-4H3. The van der Waals surface area contributed by atoms with Crippen molar-refractivity contribution in [2.24, 2.45) is 5.92 Å². The molecule has 1 saturated carbocycles. The van der Waals surface area contributed by atoms with Crippen LogP contribution in [-0.4, -0.2) is 35.2 Å². The van der Waals surface area contributed by atoms with Crippen molar-refractivity contribution in [3.63, 3.8) is 0 Å². The lowest BCUT2D eigenvalue weighted by Gasteiger charge is -2.28. The molecule has 0 N–H and O–H groups in total. The summed E-state index contributed by atoms with van der Waals surface area (Å²) in [5.41, 5.74) is 1.49. The van der Waals surface area contributed by atoms with Gasteiger partial charge in [-0.1, -0.05) is 38.3 Å². The van der Waals surface area contributed by atoms with Crippen LogP contribution >= 0.6 is 0 Å². The lowest BCUT2D eigenvalue weighted by Crippen LogP contribution is -2.45. The van der Waals surface area contributed by atoms with Gasteiger partial charge in [0, 0.05) is 25.9 Å². The van der Waals surface area contributed by atoms with Gasteiger partial charge < -0.3 is 18.0 Å². The first kappa shape index (κ1) is 26.4. The molecule has 0 unspecified atom stereocenters. The second-order valence-corrected chi connectivity index (χ2v) is 11.4. The third-order valence-corrected chi connectivity index (χ3v) is 9.54. The Bertz CT molecular complexity index is 552. The molecule has 0 amide bonds. The SMILES string of the molecule is CCCC1CCC(c2ccc(OCCCCC[Si](OCC)(OCC)OCC)cc2)CC1. The number of ether oxygens (including phenoxy) is 1. The second kappa shape index (κ2) is 15.0. The molecular formula is C26H46O4Si. The second-order valence-electron chi connectivity index (χ2n) is 8.72. The maximum absolute atomic E-state index is 5.99. The highest BCUT2D eigenvalue weighted by molar-refractivity contribution is 6.60. The molecule has 31 heavy (non-hydrogen) atoms. The van der Waals surface area contributed by atoms with Gasteiger partial charge in [0.1, 0.15) is 5.75 Å². The van der Waals surface area contributed by atoms with E-state index in [0.717, 1.165) is 49.5 Å². The van der Waals surface area contributed by atoms with Crippen LogP contribution in [0.2, 0.25) is 6.04 Å². The van der Waals surface area contributed by atoms with Gasteiger partial charge in [-0.3, -0.25) is 0 Å². The van der Waals surface area contributed by atoms with Crippen LogP contribution in [0.15, 0.2) is 24.3 Å². The third-order valence-electron chi connectivity index (χ3n) is 6.38. The maximum Gasteiger partial charge on any atom is 0.500 e. The molecule has 0 atom stereocenters. The van der Waals surface area contributed by atoms with Gasteiger partial charge >= 0.3 is 8.80 Å². The molecule has 1 aliphatic rings. The van der Waals surface area contributed by atoms with E-state index in [1.807, 2.05) is 20.8 Å². The van der Waals surface area contributed by atoms with Crippen LogP contribution in [0.5, 0.6) is 5.75 Å². The van der Waals surface area contributed by atoms with Crippen LogP contribution < -0.4 is 4.74 Å². The third kappa shape index (κ3) is 9.25. The van der Waals surface area contributed by atoms with Crippen molar-refractivity contribution in [3.05, 3.63) is 29.8 Å². The highest BCUT2D eigenvalue weighted by Gasteiger charge is 2.39. The van der Waals surface area contributed by atoms with Gasteiger partial charge in [0.2, 0.25) is 0 Å². The van der Waals surface area contributed by atoms with Crippen molar-refractivity contribution in [1.82, 2.24) is 0 Å².